The Balaban J connectivity index is 2.07. The van der Waals surface area contributed by atoms with Crippen LogP contribution in [0.5, 0.6) is 0 Å². The van der Waals surface area contributed by atoms with Crippen LogP contribution in [0.1, 0.15) is 52.9 Å². The summed E-state index contributed by atoms with van der Waals surface area (Å²) in [5.74, 6) is 0.924. The average molecular weight is 268 g/mol. The van der Waals surface area contributed by atoms with Gasteiger partial charge in [0, 0.05) is 19.3 Å². The number of rotatable bonds is 5. The molecule has 0 radical (unpaired) electrons. The molecular formula is C15H28N2O2. The van der Waals surface area contributed by atoms with Crippen molar-refractivity contribution in [2.24, 2.45) is 5.92 Å². The van der Waals surface area contributed by atoms with Gasteiger partial charge in [0.05, 0.1) is 12.2 Å². The zero-order valence-corrected chi connectivity index (χ0v) is 12.5. The van der Waals surface area contributed by atoms with Crippen LogP contribution < -0.4 is 5.32 Å². The summed E-state index contributed by atoms with van der Waals surface area (Å²) in [6, 6.07) is 0.413. The maximum Gasteiger partial charge on any atom is 0.241 e. The van der Waals surface area contributed by atoms with Gasteiger partial charge in [0.15, 0.2) is 0 Å². The van der Waals surface area contributed by atoms with Gasteiger partial charge in [-0.25, -0.2) is 0 Å². The van der Waals surface area contributed by atoms with E-state index in [0.29, 0.717) is 17.9 Å². The molecule has 0 bridgehead atoms. The highest BCUT2D eigenvalue weighted by Crippen LogP contribution is 2.26. The lowest BCUT2D eigenvalue weighted by Gasteiger charge is -2.35. The third-order valence-electron chi connectivity index (χ3n) is 4.14. The number of amides is 1. The number of carbonyl (C=O) groups excluding carboxylic acids is 1. The molecule has 0 aromatic carbocycles. The van der Waals surface area contributed by atoms with Gasteiger partial charge in [0.25, 0.3) is 0 Å². The quantitative estimate of drug-likeness (QED) is 0.830. The van der Waals surface area contributed by atoms with Crippen LogP contribution in [0.4, 0.5) is 0 Å². The molecule has 19 heavy (non-hydrogen) atoms. The second-order valence-electron chi connectivity index (χ2n) is 6.24. The van der Waals surface area contributed by atoms with Gasteiger partial charge in [-0.3, -0.25) is 10.1 Å². The Morgan fingerprint density at radius 3 is 2.63 bits per heavy atom. The zero-order chi connectivity index (χ0) is 13.8. The van der Waals surface area contributed by atoms with Gasteiger partial charge in [-0.1, -0.05) is 27.2 Å². The van der Waals surface area contributed by atoms with Crippen LogP contribution in [0.3, 0.4) is 0 Å². The first kappa shape index (κ1) is 14.8. The summed E-state index contributed by atoms with van der Waals surface area (Å²) in [5, 5.41) is 3.56. The Labute approximate surface area is 116 Å². The summed E-state index contributed by atoms with van der Waals surface area (Å²) < 4.78 is 5.43. The SMILES string of the molecule is CCCC1NC(CC(C)C)N(C2CCOCC2)C1=O. The van der Waals surface area contributed by atoms with Gasteiger partial charge >= 0.3 is 0 Å². The Morgan fingerprint density at radius 2 is 2.05 bits per heavy atom. The predicted molar refractivity (Wildman–Crippen MR) is 75.8 cm³/mol. The van der Waals surface area contributed by atoms with Gasteiger partial charge in [0.1, 0.15) is 0 Å². The predicted octanol–water partition coefficient (Wildman–Crippen LogP) is 2.14. The summed E-state index contributed by atoms with van der Waals surface area (Å²) in [6.45, 7) is 8.18. The smallest absolute Gasteiger partial charge is 0.241 e. The third-order valence-corrected chi connectivity index (χ3v) is 4.14. The lowest BCUT2D eigenvalue weighted by atomic mass is 10.0. The van der Waals surface area contributed by atoms with Crippen LogP contribution in [-0.4, -0.2) is 42.3 Å². The second-order valence-corrected chi connectivity index (χ2v) is 6.24. The fourth-order valence-electron chi connectivity index (χ4n) is 3.24. The topological polar surface area (TPSA) is 41.6 Å². The molecule has 2 fully saturated rings. The van der Waals surface area contributed by atoms with Crippen LogP contribution in [0.25, 0.3) is 0 Å². The van der Waals surface area contributed by atoms with E-state index >= 15 is 0 Å². The molecule has 0 aromatic rings. The normalized spacial score (nSPS) is 29.5. The van der Waals surface area contributed by atoms with Crippen molar-refractivity contribution >= 4 is 5.91 Å². The van der Waals surface area contributed by atoms with E-state index in [2.05, 4.69) is 31.0 Å². The molecule has 110 valence electrons. The standard InChI is InChI=1S/C15H28N2O2/c1-4-5-13-15(18)17(12-6-8-19-9-7-12)14(16-13)10-11(2)3/h11-14,16H,4-10H2,1-3H3. The van der Waals surface area contributed by atoms with E-state index < -0.39 is 0 Å². The Bertz CT molecular complexity index is 301. The Hall–Kier alpha value is -0.610. The fraction of sp³-hybridized carbons (Fsp3) is 0.933. The number of hydrogen-bond donors (Lipinski definition) is 1. The molecule has 4 nitrogen and oxygen atoms in total. The van der Waals surface area contributed by atoms with Crippen LogP contribution in [0, 0.1) is 5.92 Å². The Kier molecular flexibility index (Phi) is 5.22. The van der Waals surface area contributed by atoms with Crippen molar-refractivity contribution < 1.29 is 9.53 Å². The summed E-state index contributed by atoms with van der Waals surface area (Å²) in [7, 11) is 0. The number of nitrogens with zero attached hydrogens (tertiary/aromatic N) is 1. The molecule has 0 aliphatic carbocycles. The average Bonchev–Trinajstić information content (AvgIpc) is 2.67. The van der Waals surface area contributed by atoms with Gasteiger partial charge in [0.2, 0.25) is 5.91 Å². The van der Waals surface area contributed by atoms with E-state index in [1.807, 2.05) is 0 Å². The van der Waals surface area contributed by atoms with E-state index in [9.17, 15) is 4.79 Å². The van der Waals surface area contributed by atoms with Crippen molar-refractivity contribution in [3.63, 3.8) is 0 Å². The second kappa shape index (κ2) is 6.71. The highest BCUT2D eigenvalue weighted by molar-refractivity contribution is 5.84. The summed E-state index contributed by atoms with van der Waals surface area (Å²) in [5.41, 5.74) is 0. The van der Waals surface area contributed by atoms with E-state index in [4.69, 9.17) is 4.74 Å². The Morgan fingerprint density at radius 1 is 1.37 bits per heavy atom. The van der Waals surface area contributed by atoms with Crippen molar-refractivity contribution in [2.45, 2.75) is 71.1 Å². The molecule has 2 rings (SSSR count). The molecule has 2 unspecified atom stereocenters. The minimum Gasteiger partial charge on any atom is -0.381 e. The van der Waals surface area contributed by atoms with Crippen molar-refractivity contribution in [1.29, 1.82) is 0 Å². The number of ether oxygens (including phenoxy) is 1. The first-order chi connectivity index (χ1) is 9.13. The number of carbonyl (C=O) groups is 1. The maximum atomic E-state index is 12.6. The van der Waals surface area contributed by atoms with E-state index in [1.165, 1.54) is 0 Å². The molecule has 2 saturated heterocycles. The fourth-order valence-corrected chi connectivity index (χ4v) is 3.24. The lowest BCUT2D eigenvalue weighted by molar-refractivity contribution is -0.134. The number of nitrogens with one attached hydrogen (secondary N) is 1. The van der Waals surface area contributed by atoms with Crippen molar-refractivity contribution in [3.05, 3.63) is 0 Å². The van der Waals surface area contributed by atoms with Crippen molar-refractivity contribution in [1.82, 2.24) is 10.2 Å². The van der Waals surface area contributed by atoms with Gasteiger partial charge in [-0.05, 0) is 31.6 Å². The molecular weight excluding hydrogens is 240 g/mol. The minimum absolute atomic E-state index is 0.0385. The largest absolute Gasteiger partial charge is 0.381 e. The molecule has 2 aliphatic rings. The molecule has 1 amide bonds. The zero-order valence-electron chi connectivity index (χ0n) is 12.5. The molecule has 2 atom stereocenters. The molecule has 0 spiro atoms. The van der Waals surface area contributed by atoms with Gasteiger partial charge < -0.3 is 9.64 Å². The van der Waals surface area contributed by atoms with Crippen molar-refractivity contribution in [3.8, 4) is 0 Å². The molecule has 2 heterocycles. The number of hydrogen-bond acceptors (Lipinski definition) is 3. The van der Waals surface area contributed by atoms with Crippen LogP contribution in [-0.2, 0) is 9.53 Å². The van der Waals surface area contributed by atoms with Crippen LogP contribution in [0.2, 0.25) is 0 Å². The molecule has 0 saturated carbocycles. The lowest BCUT2D eigenvalue weighted by Crippen LogP contribution is -2.47. The highest BCUT2D eigenvalue weighted by atomic mass is 16.5. The van der Waals surface area contributed by atoms with E-state index in [0.717, 1.165) is 45.3 Å². The monoisotopic (exact) mass is 268 g/mol. The first-order valence-corrected chi connectivity index (χ1v) is 7.79. The highest BCUT2D eigenvalue weighted by Gasteiger charge is 2.42. The molecule has 4 heteroatoms. The third kappa shape index (κ3) is 3.48. The minimum atomic E-state index is 0.0385. The molecule has 0 aromatic heterocycles. The molecule has 2 aliphatic heterocycles. The summed E-state index contributed by atoms with van der Waals surface area (Å²) in [6.07, 6.45) is 5.25. The maximum absolute atomic E-state index is 12.6. The molecule has 1 N–H and O–H groups in total. The summed E-state index contributed by atoms with van der Waals surface area (Å²) in [4.78, 5) is 14.8. The van der Waals surface area contributed by atoms with Crippen LogP contribution >= 0.6 is 0 Å². The van der Waals surface area contributed by atoms with E-state index in [-0.39, 0.29) is 12.2 Å². The van der Waals surface area contributed by atoms with Crippen molar-refractivity contribution in [2.75, 3.05) is 13.2 Å². The first-order valence-electron chi connectivity index (χ1n) is 7.79. The van der Waals surface area contributed by atoms with Gasteiger partial charge in [-0.2, -0.15) is 0 Å². The van der Waals surface area contributed by atoms with Gasteiger partial charge in [-0.15, -0.1) is 0 Å². The van der Waals surface area contributed by atoms with E-state index in [1.54, 1.807) is 0 Å². The summed E-state index contributed by atoms with van der Waals surface area (Å²) >= 11 is 0. The van der Waals surface area contributed by atoms with Crippen LogP contribution in [0.15, 0.2) is 0 Å².